The molecule has 11 heteroatoms. The normalized spacial score (nSPS) is 14.9. The third-order valence-electron chi connectivity index (χ3n) is 6.92. The fourth-order valence-corrected chi connectivity index (χ4v) is 4.68. The van der Waals surface area contributed by atoms with Gasteiger partial charge in [0.25, 0.3) is 0 Å². The molecule has 226 valence electrons. The number of pyridine rings is 2. The molecule has 2 aliphatic rings. The van der Waals surface area contributed by atoms with Crippen LogP contribution in [0.3, 0.4) is 0 Å². The van der Waals surface area contributed by atoms with Crippen molar-refractivity contribution in [2.45, 2.75) is 38.9 Å². The van der Waals surface area contributed by atoms with E-state index < -0.39 is 23.9 Å². The second-order valence-electron chi connectivity index (χ2n) is 9.88. The molecule has 0 saturated carbocycles. The number of esters is 1. The summed E-state index contributed by atoms with van der Waals surface area (Å²) in [6.07, 6.45) is 8.20. The molecule has 0 bridgehead atoms. The summed E-state index contributed by atoms with van der Waals surface area (Å²) in [5.41, 5.74) is 4.73. The van der Waals surface area contributed by atoms with Crippen LogP contribution < -0.4 is 34.3 Å². The quantitative estimate of drug-likeness (QED) is 0.263. The van der Waals surface area contributed by atoms with Gasteiger partial charge < -0.3 is 25.9 Å². The third kappa shape index (κ3) is 8.49. The molecule has 4 aromatic rings. The first kappa shape index (κ1) is 34.8. The average Bonchev–Trinajstić information content (AvgIpc) is 3.61. The average molecular weight is 613 g/mol. The predicted octanol–water partition coefficient (Wildman–Crippen LogP) is 3.54. The number of aliphatic hydroxyl groups excluding tert-OH is 1. The molecular weight excluding hydrogens is 578 g/mol. The molecule has 0 radical (unpaired) electrons. The number of halogens is 1. The molecule has 1 fully saturated rings. The zero-order valence-corrected chi connectivity index (χ0v) is 27.1. The van der Waals surface area contributed by atoms with Crippen LogP contribution >= 0.6 is 0 Å². The number of fused-ring (bicyclic) bond motifs is 3. The minimum absolute atomic E-state index is 0. The second kappa shape index (κ2) is 16.4. The van der Waals surface area contributed by atoms with E-state index in [0.717, 1.165) is 36.0 Å². The molecule has 2 aromatic carbocycles. The van der Waals surface area contributed by atoms with Crippen molar-refractivity contribution in [3.05, 3.63) is 101 Å². The van der Waals surface area contributed by atoms with Gasteiger partial charge in [0.05, 0.1) is 24.3 Å². The van der Waals surface area contributed by atoms with Crippen molar-refractivity contribution in [3.8, 4) is 28.0 Å². The van der Waals surface area contributed by atoms with Gasteiger partial charge in [-0.3, -0.25) is 9.97 Å². The Balaban J connectivity index is 0.000000262. The van der Waals surface area contributed by atoms with Gasteiger partial charge in [-0.2, -0.15) is 0 Å². The number of aromatic nitrogens is 2. The van der Waals surface area contributed by atoms with Crippen molar-refractivity contribution in [2.75, 3.05) is 20.3 Å². The van der Waals surface area contributed by atoms with E-state index in [4.69, 9.17) is 14.6 Å². The first-order chi connectivity index (χ1) is 20.7. The van der Waals surface area contributed by atoms with Crippen LogP contribution in [-0.2, 0) is 9.47 Å². The van der Waals surface area contributed by atoms with Crippen molar-refractivity contribution in [1.82, 2.24) is 9.97 Å². The molecule has 2 atom stereocenters. The summed E-state index contributed by atoms with van der Waals surface area (Å²) in [5.74, 6) is -1.49. The Labute approximate surface area is 278 Å². The summed E-state index contributed by atoms with van der Waals surface area (Å²) in [6, 6.07) is 12.6. The smallest absolute Gasteiger partial charge is 1.00 e. The summed E-state index contributed by atoms with van der Waals surface area (Å²) in [5, 5.41) is 18.7. The molecule has 0 aliphatic carbocycles. The van der Waals surface area contributed by atoms with Gasteiger partial charge in [-0.15, -0.1) is 0 Å². The van der Waals surface area contributed by atoms with Crippen LogP contribution in [0.1, 0.15) is 72.2 Å². The molecule has 1 saturated heterocycles. The Bertz CT molecular complexity index is 1590. The van der Waals surface area contributed by atoms with Crippen LogP contribution in [0.25, 0.3) is 22.3 Å². The van der Waals surface area contributed by atoms with Gasteiger partial charge in [-0.25, -0.2) is 14.0 Å². The Morgan fingerprint density at radius 2 is 1.59 bits per heavy atom. The van der Waals surface area contributed by atoms with Crippen molar-refractivity contribution >= 4 is 11.9 Å². The first-order valence-corrected chi connectivity index (χ1v) is 13.8. The topological polar surface area (TPSA) is 128 Å². The summed E-state index contributed by atoms with van der Waals surface area (Å²) in [7, 11) is 1.24. The first-order valence-electron chi connectivity index (χ1n) is 13.8. The number of hydrogen-bond donors (Lipinski definition) is 2. The molecule has 6 rings (SSSR count). The van der Waals surface area contributed by atoms with Crippen LogP contribution in [0.4, 0.5) is 4.39 Å². The van der Waals surface area contributed by atoms with E-state index >= 15 is 0 Å². The van der Waals surface area contributed by atoms with Crippen LogP contribution in [0.2, 0.25) is 0 Å². The van der Waals surface area contributed by atoms with Crippen molar-refractivity contribution in [2.24, 2.45) is 0 Å². The van der Waals surface area contributed by atoms with Gasteiger partial charge in [0.2, 0.25) is 0 Å². The molecule has 0 amide bonds. The number of methoxy groups -OCH3 is 1. The molecule has 4 heterocycles. The number of carbonyl (C=O) groups excluding carboxylic acids is 1. The van der Waals surface area contributed by atoms with E-state index in [1.165, 1.54) is 44.5 Å². The zero-order valence-electron chi connectivity index (χ0n) is 26.1. The van der Waals surface area contributed by atoms with E-state index in [-0.39, 0.29) is 48.2 Å². The van der Waals surface area contributed by atoms with E-state index in [1.54, 1.807) is 43.6 Å². The van der Waals surface area contributed by atoms with Gasteiger partial charge >= 0.3 is 41.5 Å². The van der Waals surface area contributed by atoms with Crippen molar-refractivity contribution in [3.63, 3.8) is 0 Å². The number of carbonyl (C=O) groups is 2. The maximum Gasteiger partial charge on any atom is 1.00 e. The number of nitrogens with zero attached hydrogens (tertiary/aromatic N) is 2. The Kier molecular flexibility index (Phi) is 13.0. The van der Waals surface area contributed by atoms with Gasteiger partial charge in [-0.1, -0.05) is 6.07 Å². The Morgan fingerprint density at radius 3 is 2.18 bits per heavy atom. The third-order valence-corrected chi connectivity index (χ3v) is 6.92. The number of benzene rings is 2. The summed E-state index contributed by atoms with van der Waals surface area (Å²) in [4.78, 5) is 30.3. The number of hydrogen-bond acceptors (Lipinski definition) is 8. The predicted molar refractivity (Wildman–Crippen MR) is 158 cm³/mol. The minimum atomic E-state index is -0.949. The molecule has 44 heavy (non-hydrogen) atoms. The van der Waals surface area contributed by atoms with Gasteiger partial charge in [0, 0.05) is 60.3 Å². The van der Waals surface area contributed by atoms with E-state index in [2.05, 4.69) is 14.7 Å². The molecular formula is C33H34FN2NaO7. The van der Waals surface area contributed by atoms with Crippen LogP contribution in [0.15, 0.2) is 73.3 Å². The van der Waals surface area contributed by atoms with Gasteiger partial charge in [-0.05, 0) is 80.3 Å². The number of ether oxygens (including phenoxy) is 3. The number of carboxylic acid groups (broad SMARTS) is 1. The van der Waals surface area contributed by atoms with Gasteiger partial charge in [0.1, 0.15) is 17.7 Å². The zero-order chi connectivity index (χ0) is 30.9. The maximum atomic E-state index is 14.2. The van der Waals surface area contributed by atoms with E-state index in [9.17, 15) is 19.1 Å². The molecule has 9 nitrogen and oxygen atoms in total. The van der Waals surface area contributed by atoms with Gasteiger partial charge in [0.15, 0.2) is 0 Å². The summed E-state index contributed by atoms with van der Waals surface area (Å²) >= 11 is 0. The fraction of sp³-hybridized carbons (Fsp3) is 0.273. The summed E-state index contributed by atoms with van der Waals surface area (Å²) < 4.78 is 29.4. The number of rotatable bonds is 4. The summed E-state index contributed by atoms with van der Waals surface area (Å²) in [6.45, 7) is 5.51. The SMILES string of the molecule is C1CCOC1.CC1Oc2cc(C(=O)O)ccc2-c2ccncc21.COC(=O)c1ccc(-c2ccncc2C(C)O)c(F)c1.[H-].[Na+]. The number of aromatic carboxylic acids is 1. The minimum Gasteiger partial charge on any atom is -1.00 e. The van der Waals surface area contributed by atoms with Crippen molar-refractivity contribution < 1.29 is 69.4 Å². The molecule has 2 unspecified atom stereocenters. The monoisotopic (exact) mass is 612 g/mol. The molecule has 2 aliphatic heterocycles. The Hall–Kier alpha value is -3.67. The molecule has 2 aromatic heterocycles. The second-order valence-corrected chi connectivity index (χ2v) is 9.88. The van der Waals surface area contributed by atoms with E-state index in [0.29, 0.717) is 22.4 Å². The maximum absolute atomic E-state index is 14.2. The van der Waals surface area contributed by atoms with Crippen LogP contribution in [0, 0.1) is 5.82 Å². The Morgan fingerprint density at radius 1 is 0.955 bits per heavy atom. The van der Waals surface area contributed by atoms with Crippen molar-refractivity contribution in [1.29, 1.82) is 0 Å². The van der Waals surface area contributed by atoms with Crippen LogP contribution in [-0.4, -0.2) is 52.4 Å². The fourth-order valence-electron chi connectivity index (χ4n) is 4.68. The largest absolute Gasteiger partial charge is 1.00 e. The number of carboxylic acids is 1. The van der Waals surface area contributed by atoms with E-state index in [1.807, 2.05) is 13.0 Å². The molecule has 2 N–H and O–H groups in total. The standard InChI is InChI=1S/C15H14FNO3.C14H11NO3.C4H8O.Na.H/c1-9(18)13-8-17-6-5-11(13)12-4-3-10(7-14(12)16)15(19)20-2;1-8-12-7-15-5-4-10(12)11-3-2-9(14(16)17)6-13(11)18-8;1-2-4-5-3-1;;/h3-9,18H,1-2H3;2-8H,1H3,(H,16,17);1-4H2;;/q;;;+1;-1. The van der Waals surface area contributed by atoms with Crippen LogP contribution in [0.5, 0.6) is 5.75 Å². The molecule has 0 spiro atoms. The number of aliphatic hydroxyl groups is 1.